The van der Waals surface area contributed by atoms with Crippen molar-refractivity contribution in [2.75, 3.05) is 6.54 Å². The Kier molecular flexibility index (Phi) is 4.66. The molecule has 0 saturated carbocycles. The van der Waals surface area contributed by atoms with E-state index in [0.717, 1.165) is 40.0 Å². The Morgan fingerprint density at radius 3 is 2.32 bits per heavy atom. The van der Waals surface area contributed by atoms with Gasteiger partial charge in [-0.25, -0.2) is 4.79 Å². The van der Waals surface area contributed by atoms with Crippen molar-refractivity contribution in [3.8, 4) is 11.1 Å². The van der Waals surface area contributed by atoms with Crippen LogP contribution in [0.15, 0.2) is 78.9 Å². The second-order valence-electron chi connectivity index (χ2n) is 8.10. The molecule has 1 heterocycles. The van der Waals surface area contributed by atoms with Gasteiger partial charge in [0.05, 0.1) is 6.54 Å². The number of aryl methyl sites for hydroxylation is 1. The van der Waals surface area contributed by atoms with Crippen LogP contribution in [0.3, 0.4) is 0 Å². The van der Waals surface area contributed by atoms with Crippen LogP contribution in [0, 0.1) is 0 Å². The first-order valence-corrected chi connectivity index (χ1v) is 10.5. The van der Waals surface area contributed by atoms with Crippen LogP contribution in [0.4, 0.5) is 4.79 Å². The van der Waals surface area contributed by atoms with Crippen molar-refractivity contribution < 1.29 is 14.4 Å². The molecule has 1 saturated heterocycles. The summed E-state index contributed by atoms with van der Waals surface area (Å²) in [5.41, 5.74) is 3.42. The Balaban J connectivity index is 1.37. The minimum absolute atomic E-state index is 0.260. The van der Waals surface area contributed by atoms with E-state index in [1.807, 2.05) is 66.7 Å². The summed E-state index contributed by atoms with van der Waals surface area (Å²) >= 11 is 0. The fourth-order valence-corrected chi connectivity index (χ4v) is 4.67. The highest BCUT2D eigenvalue weighted by Crippen LogP contribution is 2.39. The number of rotatable bonds is 4. The molecule has 0 radical (unpaired) electrons. The van der Waals surface area contributed by atoms with Gasteiger partial charge in [0.25, 0.3) is 5.91 Å². The van der Waals surface area contributed by atoms with Gasteiger partial charge in [0.1, 0.15) is 5.54 Å². The first-order valence-electron chi connectivity index (χ1n) is 10.5. The molecule has 1 N–H and O–H groups in total. The van der Waals surface area contributed by atoms with E-state index in [0.29, 0.717) is 12.0 Å². The van der Waals surface area contributed by atoms with Crippen molar-refractivity contribution in [1.29, 1.82) is 0 Å². The zero-order chi connectivity index (χ0) is 21.4. The van der Waals surface area contributed by atoms with Gasteiger partial charge >= 0.3 is 6.03 Å². The third kappa shape index (κ3) is 3.22. The Morgan fingerprint density at radius 2 is 1.55 bits per heavy atom. The number of fused-ring (bicyclic) bond motifs is 2. The van der Waals surface area contributed by atoms with Crippen molar-refractivity contribution >= 4 is 17.7 Å². The quantitative estimate of drug-likeness (QED) is 0.515. The second-order valence-corrected chi connectivity index (χ2v) is 8.10. The van der Waals surface area contributed by atoms with Crippen LogP contribution in [0.1, 0.15) is 34.3 Å². The van der Waals surface area contributed by atoms with Gasteiger partial charge < -0.3 is 5.32 Å². The molecule has 3 aromatic rings. The van der Waals surface area contributed by atoms with E-state index in [2.05, 4.69) is 5.32 Å². The molecule has 5 heteroatoms. The Bertz CT molecular complexity index is 1170. The number of hydrogen-bond donors (Lipinski definition) is 1. The van der Waals surface area contributed by atoms with Crippen LogP contribution in [0.2, 0.25) is 0 Å². The molecular formula is C26H22N2O3. The molecule has 5 rings (SSSR count). The maximum atomic E-state index is 13.4. The minimum Gasteiger partial charge on any atom is -0.319 e. The molecule has 3 aromatic carbocycles. The van der Waals surface area contributed by atoms with Gasteiger partial charge in [-0.1, -0.05) is 78.9 Å². The van der Waals surface area contributed by atoms with Crippen molar-refractivity contribution in [3.05, 3.63) is 95.6 Å². The third-order valence-corrected chi connectivity index (χ3v) is 6.27. The Morgan fingerprint density at radius 1 is 0.871 bits per heavy atom. The SMILES string of the molecule is O=C(CN1C(=O)NC2(CCCc3ccccc32)C1=O)c1ccc(-c2ccccc2)cc1. The number of urea groups is 1. The van der Waals surface area contributed by atoms with E-state index in [9.17, 15) is 14.4 Å². The molecular weight excluding hydrogens is 388 g/mol. The monoisotopic (exact) mass is 410 g/mol. The summed E-state index contributed by atoms with van der Waals surface area (Å²) in [6, 6.07) is 24.4. The van der Waals surface area contributed by atoms with Crippen molar-refractivity contribution in [2.45, 2.75) is 24.8 Å². The number of amides is 3. The molecule has 154 valence electrons. The number of nitrogens with one attached hydrogen (secondary N) is 1. The lowest BCUT2D eigenvalue weighted by Gasteiger charge is -2.33. The van der Waals surface area contributed by atoms with Crippen LogP contribution in [0.5, 0.6) is 0 Å². The maximum absolute atomic E-state index is 13.4. The normalized spacial score (nSPS) is 19.9. The van der Waals surface area contributed by atoms with E-state index in [-0.39, 0.29) is 18.2 Å². The number of nitrogens with zero attached hydrogens (tertiary/aromatic N) is 1. The minimum atomic E-state index is -1.05. The van der Waals surface area contributed by atoms with Gasteiger partial charge in [-0.2, -0.15) is 0 Å². The summed E-state index contributed by atoms with van der Waals surface area (Å²) in [6.45, 7) is -0.265. The molecule has 1 atom stereocenters. The topological polar surface area (TPSA) is 66.5 Å². The predicted octanol–water partition coefficient (Wildman–Crippen LogP) is 4.32. The molecule has 31 heavy (non-hydrogen) atoms. The lowest BCUT2D eigenvalue weighted by molar-refractivity contribution is -0.131. The number of carbonyl (C=O) groups excluding carboxylic acids is 3. The zero-order valence-electron chi connectivity index (χ0n) is 17.0. The van der Waals surface area contributed by atoms with Crippen molar-refractivity contribution in [3.63, 3.8) is 0 Å². The summed E-state index contributed by atoms with van der Waals surface area (Å²) in [5.74, 6) is -0.594. The average Bonchev–Trinajstić information content (AvgIpc) is 3.04. The predicted molar refractivity (Wildman–Crippen MR) is 118 cm³/mol. The number of carbonyl (C=O) groups is 3. The number of benzene rings is 3. The highest BCUT2D eigenvalue weighted by Gasteiger charge is 2.54. The molecule has 3 amide bonds. The van der Waals surface area contributed by atoms with Gasteiger partial charge in [-0.15, -0.1) is 0 Å². The van der Waals surface area contributed by atoms with E-state index >= 15 is 0 Å². The number of ketones is 1. The van der Waals surface area contributed by atoms with E-state index in [1.165, 1.54) is 0 Å². The summed E-state index contributed by atoms with van der Waals surface area (Å²) in [6.07, 6.45) is 2.24. The fraction of sp³-hybridized carbons (Fsp3) is 0.192. The molecule has 1 aliphatic heterocycles. The summed E-state index contributed by atoms with van der Waals surface area (Å²) in [4.78, 5) is 40.0. The number of hydrogen-bond acceptors (Lipinski definition) is 3. The highest BCUT2D eigenvalue weighted by atomic mass is 16.2. The second kappa shape index (κ2) is 7.51. The first kappa shape index (κ1) is 19.2. The lowest BCUT2D eigenvalue weighted by Crippen LogP contribution is -2.46. The zero-order valence-corrected chi connectivity index (χ0v) is 17.0. The molecule has 5 nitrogen and oxygen atoms in total. The number of Topliss-reactive ketones (excluding diaryl/α,β-unsaturated/α-hetero) is 1. The van der Waals surface area contributed by atoms with Crippen LogP contribution < -0.4 is 5.32 Å². The Hall–Kier alpha value is -3.73. The molecule has 1 unspecified atom stereocenters. The maximum Gasteiger partial charge on any atom is 0.325 e. The van der Waals surface area contributed by atoms with Crippen molar-refractivity contribution in [2.24, 2.45) is 0 Å². The lowest BCUT2D eigenvalue weighted by atomic mass is 9.76. The van der Waals surface area contributed by atoms with Crippen LogP contribution >= 0.6 is 0 Å². The van der Waals surface area contributed by atoms with Crippen molar-refractivity contribution in [1.82, 2.24) is 10.2 Å². The fourth-order valence-electron chi connectivity index (χ4n) is 4.67. The van der Waals surface area contributed by atoms with Crippen LogP contribution in [0.25, 0.3) is 11.1 Å². The van der Waals surface area contributed by atoms with E-state index < -0.39 is 11.6 Å². The standard InChI is InChI=1S/C26H22N2O3/c29-23(21-14-12-19(13-15-21)18-7-2-1-3-8-18)17-28-24(30)26(27-25(28)31)16-6-10-20-9-4-5-11-22(20)26/h1-5,7-9,11-15H,6,10,16-17H2,(H,27,31). The largest absolute Gasteiger partial charge is 0.325 e. The van der Waals surface area contributed by atoms with E-state index in [4.69, 9.17) is 0 Å². The molecule has 1 fully saturated rings. The number of imide groups is 1. The first-order chi connectivity index (χ1) is 15.1. The molecule has 0 aromatic heterocycles. The summed E-state index contributed by atoms with van der Waals surface area (Å²) in [7, 11) is 0. The Labute approximate surface area is 180 Å². The highest BCUT2D eigenvalue weighted by molar-refractivity contribution is 6.11. The van der Waals surface area contributed by atoms with Crippen LogP contribution in [-0.2, 0) is 16.8 Å². The van der Waals surface area contributed by atoms with Gasteiger partial charge in [0.2, 0.25) is 0 Å². The summed E-state index contributed by atoms with van der Waals surface area (Å²) in [5, 5.41) is 2.90. The summed E-state index contributed by atoms with van der Waals surface area (Å²) < 4.78 is 0. The van der Waals surface area contributed by atoms with Gasteiger partial charge in [0, 0.05) is 5.56 Å². The smallest absolute Gasteiger partial charge is 0.319 e. The molecule has 1 aliphatic carbocycles. The van der Waals surface area contributed by atoms with Gasteiger partial charge in [0.15, 0.2) is 5.78 Å². The van der Waals surface area contributed by atoms with Gasteiger partial charge in [-0.05, 0) is 41.5 Å². The molecule has 1 spiro atoms. The van der Waals surface area contributed by atoms with Crippen LogP contribution in [-0.4, -0.2) is 29.2 Å². The third-order valence-electron chi connectivity index (χ3n) is 6.27. The van der Waals surface area contributed by atoms with Gasteiger partial charge in [-0.3, -0.25) is 14.5 Å². The van der Waals surface area contributed by atoms with E-state index in [1.54, 1.807) is 12.1 Å². The molecule has 0 bridgehead atoms. The molecule has 2 aliphatic rings. The average molecular weight is 410 g/mol.